The molecule has 0 spiro atoms. The number of carbonyl (C=O) groups excluding carboxylic acids is 1. The number of pyridine rings is 1. The number of aromatic nitrogens is 1. The van der Waals surface area contributed by atoms with Crippen LogP contribution in [0.2, 0.25) is 5.15 Å². The summed E-state index contributed by atoms with van der Waals surface area (Å²) in [5, 5.41) is 0.340. The Morgan fingerprint density at radius 3 is 2.84 bits per heavy atom. The van der Waals surface area contributed by atoms with Crippen LogP contribution in [0.5, 0.6) is 0 Å². The number of benzene rings is 1. The summed E-state index contributed by atoms with van der Waals surface area (Å²) in [7, 11) is 1.82. The van der Waals surface area contributed by atoms with Crippen molar-refractivity contribution in [2.75, 3.05) is 13.6 Å². The summed E-state index contributed by atoms with van der Waals surface area (Å²) < 4.78 is 0. The predicted molar refractivity (Wildman–Crippen MR) is 99.3 cm³/mol. The minimum atomic E-state index is -0.0241. The van der Waals surface area contributed by atoms with E-state index in [1.54, 1.807) is 23.2 Å². The fourth-order valence-corrected chi connectivity index (χ4v) is 3.32. The third-order valence-electron chi connectivity index (χ3n) is 4.55. The Morgan fingerprint density at radius 2 is 2.08 bits per heavy atom. The second kappa shape index (κ2) is 8.43. The lowest BCUT2D eigenvalue weighted by Crippen LogP contribution is -2.32. The molecule has 2 atom stereocenters. The minimum Gasteiger partial charge on any atom is -0.342 e. The lowest BCUT2D eigenvalue weighted by molar-refractivity contribution is 0.0791. The first-order chi connectivity index (χ1) is 12.1. The van der Waals surface area contributed by atoms with E-state index in [2.05, 4.69) is 40.1 Å². The minimum absolute atomic E-state index is 0.0241. The van der Waals surface area contributed by atoms with E-state index in [9.17, 15) is 4.79 Å². The first kappa shape index (κ1) is 17.9. The van der Waals surface area contributed by atoms with Crippen molar-refractivity contribution in [3.63, 3.8) is 0 Å². The monoisotopic (exact) mass is 358 g/mol. The number of carbonyl (C=O) groups is 1. The molecule has 0 aliphatic carbocycles. The van der Waals surface area contributed by atoms with Gasteiger partial charge in [0, 0.05) is 37.4 Å². The van der Waals surface area contributed by atoms with Crippen LogP contribution in [0.15, 0.2) is 48.7 Å². The van der Waals surface area contributed by atoms with E-state index in [0.29, 0.717) is 29.3 Å². The maximum atomic E-state index is 12.4. The third kappa shape index (κ3) is 4.78. The number of nitrogens with zero attached hydrogens (tertiary/aromatic N) is 2. The number of nitrogens with one attached hydrogen (secondary N) is 2. The second-order valence-corrected chi connectivity index (χ2v) is 6.81. The van der Waals surface area contributed by atoms with Gasteiger partial charge in [-0.15, -0.1) is 0 Å². The third-order valence-corrected chi connectivity index (χ3v) is 4.76. The number of hydrogen-bond donors (Lipinski definition) is 2. The van der Waals surface area contributed by atoms with Gasteiger partial charge in [0.2, 0.25) is 0 Å². The Balaban J connectivity index is 1.43. The van der Waals surface area contributed by atoms with Crippen molar-refractivity contribution in [1.82, 2.24) is 20.7 Å². The molecular formula is C19H23ClN4O. The molecule has 1 saturated heterocycles. The standard InChI is InChI=1S/C19H23ClN4O/c1-24(19(25)15-9-10-21-18(20)12-15)11-5-8-16-13-17(23-22-16)14-6-3-2-4-7-14/h2-4,6-7,9-10,12,16-17,22-23H,5,8,11,13H2,1H3. The van der Waals surface area contributed by atoms with Gasteiger partial charge in [0.05, 0.1) is 0 Å². The van der Waals surface area contributed by atoms with Crippen LogP contribution in [-0.4, -0.2) is 35.4 Å². The van der Waals surface area contributed by atoms with Gasteiger partial charge in [0.1, 0.15) is 5.15 Å². The quantitative estimate of drug-likeness (QED) is 0.779. The maximum Gasteiger partial charge on any atom is 0.253 e. The van der Waals surface area contributed by atoms with Crippen LogP contribution in [0.4, 0.5) is 0 Å². The molecule has 25 heavy (non-hydrogen) atoms. The Hall–Kier alpha value is -1.95. The molecule has 0 radical (unpaired) electrons. The van der Waals surface area contributed by atoms with Crippen molar-refractivity contribution < 1.29 is 4.79 Å². The Morgan fingerprint density at radius 1 is 1.28 bits per heavy atom. The van der Waals surface area contributed by atoms with Crippen molar-refractivity contribution in [2.45, 2.75) is 31.3 Å². The van der Waals surface area contributed by atoms with Crippen molar-refractivity contribution >= 4 is 17.5 Å². The van der Waals surface area contributed by atoms with Crippen LogP contribution in [0, 0.1) is 0 Å². The number of hydrazine groups is 1. The summed E-state index contributed by atoms with van der Waals surface area (Å²) >= 11 is 5.85. The molecule has 1 amide bonds. The average molecular weight is 359 g/mol. The van der Waals surface area contributed by atoms with E-state index in [1.165, 1.54) is 5.56 Å². The van der Waals surface area contributed by atoms with Gasteiger partial charge < -0.3 is 4.90 Å². The maximum absolute atomic E-state index is 12.4. The molecule has 2 unspecified atom stereocenters. The van der Waals surface area contributed by atoms with E-state index in [-0.39, 0.29) is 5.91 Å². The number of rotatable bonds is 6. The lowest BCUT2D eigenvalue weighted by Gasteiger charge is -2.18. The molecule has 1 aliphatic rings. The second-order valence-electron chi connectivity index (χ2n) is 6.42. The van der Waals surface area contributed by atoms with E-state index in [1.807, 2.05) is 13.1 Å². The van der Waals surface area contributed by atoms with Gasteiger partial charge in [0.15, 0.2) is 0 Å². The van der Waals surface area contributed by atoms with E-state index in [4.69, 9.17) is 11.6 Å². The van der Waals surface area contributed by atoms with E-state index in [0.717, 1.165) is 19.3 Å². The van der Waals surface area contributed by atoms with Crippen molar-refractivity contribution in [3.05, 3.63) is 64.9 Å². The zero-order valence-electron chi connectivity index (χ0n) is 14.3. The topological polar surface area (TPSA) is 57.3 Å². The Labute approximate surface area is 153 Å². The zero-order chi connectivity index (χ0) is 17.6. The van der Waals surface area contributed by atoms with Gasteiger partial charge in [-0.1, -0.05) is 41.9 Å². The van der Waals surface area contributed by atoms with Gasteiger partial charge in [-0.3, -0.25) is 15.6 Å². The summed E-state index contributed by atoms with van der Waals surface area (Å²) in [6.45, 7) is 0.715. The summed E-state index contributed by atoms with van der Waals surface area (Å²) in [5.41, 5.74) is 8.61. The van der Waals surface area contributed by atoms with Gasteiger partial charge in [-0.25, -0.2) is 4.98 Å². The van der Waals surface area contributed by atoms with Crippen molar-refractivity contribution in [2.24, 2.45) is 0 Å². The van der Waals surface area contributed by atoms with Gasteiger partial charge >= 0.3 is 0 Å². The van der Waals surface area contributed by atoms with Gasteiger partial charge in [0.25, 0.3) is 5.91 Å². The van der Waals surface area contributed by atoms with Crippen LogP contribution < -0.4 is 10.9 Å². The smallest absolute Gasteiger partial charge is 0.253 e. The molecule has 1 aromatic carbocycles. The molecule has 1 aliphatic heterocycles. The van der Waals surface area contributed by atoms with Crippen LogP contribution in [-0.2, 0) is 0 Å². The first-order valence-electron chi connectivity index (χ1n) is 8.56. The number of hydrogen-bond acceptors (Lipinski definition) is 4. The molecule has 3 rings (SSSR count). The molecule has 1 aromatic heterocycles. The highest BCUT2D eigenvalue weighted by atomic mass is 35.5. The molecule has 2 aromatic rings. The molecule has 132 valence electrons. The van der Waals surface area contributed by atoms with E-state index >= 15 is 0 Å². The normalized spacial score (nSPS) is 19.8. The first-order valence-corrected chi connectivity index (χ1v) is 8.94. The highest BCUT2D eigenvalue weighted by molar-refractivity contribution is 6.29. The van der Waals surface area contributed by atoms with Crippen LogP contribution >= 0.6 is 11.6 Å². The van der Waals surface area contributed by atoms with Crippen LogP contribution in [0.3, 0.4) is 0 Å². The van der Waals surface area contributed by atoms with Gasteiger partial charge in [-0.2, -0.15) is 0 Å². The summed E-state index contributed by atoms with van der Waals surface area (Å²) in [6.07, 6.45) is 4.58. The highest BCUT2D eigenvalue weighted by Crippen LogP contribution is 2.23. The fraction of sp³-hybridized carbons (Fsp3) is 0.368. The van der Waals surface area contributed by atoms with Gasteiger partial charge in [-0.05, 0) is 37.0 Å². The molecule has 5 nitrogen and oxygen atoms in total. The molecule has 0 saturated carbocycles. The SMILES string of the molecule is CN(CCCC1CC(c2ccccc2)NN1)C(=O)c1ccnc(Cl)c1. The molecule has 6 heteroatoms. The van der Waals surface area contributed by atoms with Crippen LogP contribution in [0.1, 0.15) is 41.2 Å². The molecule has 2 N–H and O–H groups in total. The molecular weight excluding hydrogens is 336 g/mol. The van der Waals surface area contributed by atoms with E-state index < -0.39 is 0 Å². The predicted octanol–water partition coefficient (Wildman–Crippen LogP) is 3.20. The zero-order valence-corrected chi connectivity index (χ0v) is 15.0. The Bertz CT molecular complexity index is 710. The summed E-state index contributed by atoms with van der Waals surface area (Å²) in [4.78, 5) is 18.0. The highest BCUT2D eigenvalue weighted by Gasteiger charge is 2.24. The van der Waals surface area contributed by atoms with Crippen LogP contribution in [0.25, 0.3) is 0 Å². The number of amides is 1. The molecule has 1 fully saturated rings. The van der Waals surface area contributed by atoms with Crippen molar-refractivity contribution in [1.29, 1.82) is 0 Å². The lowest BCUT2D eigenvalue weighted by atomic mass is 10.00. The molecule has 2 heterocycles. The Kier molecular flexibility index (Phi) is 6.02. The fourth-order valence-electron chi connectivity index (χ4n) is 3.15. The average Bonchev–Trinajstić information content (AvgIpc) is 3.10. The van der Waals surface area contributed by atoms with Crippen molar-refractivity contribution in [3.8, 4) is 0 Å². The summed E-state index contributed by atoms with van der Waals surface area (Å²) in [6, 6.07) is 14.5. The number of halogens is 1. The largest absolute Gasteiger partial charge is 0.342 e. The molecule has 0 bridgehead atoms. The summed E-state index contributed by atoms with van der Waals surface area (Å²) in [5.74, 6) is -0.0241.